The Morgan fingerprint density at radius 3 is 2.64 bits per heavy atom. The standard InChI is InChI=1S/C9H8N2O3/c12-9-5-7(10-9)6-3-1-2-4-8(6)11(13)14/h1-4,7H,5H2,(H,10,12). The zero-order valence-electron chi connectivity index (χ0n) is 7.27. The summed E-state index contributed by atoms with van der Waals surface area (Å²) in [6.45, 7) is 0. The average molecular weight is 192 g/mol. The first-order chi connectivity index (χ1) is 6.68. The van der Waals surface area contributed by atoms with Crippen molar-refractivity contribution in [2.24, 2.45) is 0 Å². The van der Waals surface area contributed by atoms with E-state index < -0.39 is 4.92 Å². The Bertz CT molecular complexity index is 395. The van der Waals surface area contributed by atoms with Crippen LogP contribution in [0.1, 0.15) is 18.0 Å². The molecule has 1 aromatic rings. The van der Waals surface area contributed by atoms with E-state index in [2.05, 4.69) is 5.32 Å². The van der Waals surface area contributed by atoms with Gasteiger partial charge in [0.25, 0.3) is 5.69 Å². The number of hydrogen-bond donors (Lipinski definition) is 1. The van der Waals surface area contributed by atoms with E-state index >= 15 is 0 Å². The molecule has 1 heterocycles. The molecule has 1 N–H and O–H groups in total. The van der Waals surface area contributed by atoms with Crippen molar-refractivity contribution in [2.45, 2.75) is 12.5 Å². The Kier molecular flexibility index (Phi) is 1.92. The molecule has 1 aromatic carbocycles. The van der Waals surface area contributed by atoms with E-state index in [4.69, 9.17) is 0 Å². The fourth-order valence-electron chi connectivity index (χ4n) is 1.49. The summed E-state index contributed by atoms with van der Waals surface area (Å²) in [7, 11) is 0. The lowest BCUT2D eigenvalue weighted by Crippen LogP contribution is -2.41. The molecule has 5 nitrogen and oxygen atoms in total. The summed E-state index contributed by atoms with van der Waals surface area (Å²) in [5.41, 5.74) is 0.648. The molecule has 1 atom stereocenters. The smallest absolute Gasteiger partial charge is 0.274 e. The van der Waals surface area contributed by atoms with Gasteiger partial charge in [0.2, 0.25) is 5.91 Å². The van der Waals surface area contributed by atoms with Crippen LogP contribution >= 0.6 is 0 Å². The number of nitrogens with zero attached hydrogens (tertiary/aromatic N) is 1. The average Bonchev–Trinajstić information content (AvgIpc) is 2.13. The molecule has 0 radical (unpaired) electrons. The highest BCUT2D eigenvalue weighted by Gasteiger charge is 2.31. The third-order valence-corrected chi connectivity index (χ3v) is 2.23. The van der Waals surface area contributed by atoms with Gasteiger partial charge in [-0.3, -0.25) is 14.9 Å². The lowest BCUT2D eigenvalue weighted by molar-refractivity contribution is -0.385. The molecule has 14 heavy (non-hydrogen) atoms. The summed E-state index contributed by atoms with van der Waals surface area (Å²) >= 11 is 0. The van der Waals surface area contributed by atoms with Crippen molar-refractivity contribution in [1.29, 1.82) is 0 Å². The number of rotatable bonds is 2. The Hall–Kier alpha value is -1.91. The number of para-hydroxylation sites is 1. The number of nitrogens with one attached hydrogen (secondary N) is 1. The van der Waals surface area contributed by atoms with E-state index in [0.29, 0.717) is 12.0 Å². The van der Waals surface area contributed by atoms with Crippen LogP contribution in [-0.2, 0) is 4.79 Å². The van der Waals surface area contributed by atoms with Crippen LogP contribution in [0.3, 0.4) is 0 Å². The van der Waals surface area contributed by atoms with Gasteiger partial charge in [0.15, 0.2) is 0 Å². The maximum atomic E-state index is 10.7. The first-order valence-electron chi connectivity index (χ1n) is 4.21. The van der Waals surface area contributed by atoms with Gasteiger partial charge >= 0.3 is 0 Å². The molecule has 1 saturated heterocycles. The number of nitro benzene ring substituents is 1. The second-order valence-corrected chi connectivity index (χ2v) is 3.14. The molecule has 0 aromatic heterocycles. The molecule has 1 unspecified atom stereocenters. The highest BCUT2D eigenvalue weighted by Crippen LogP contribution is 2.30. The summed E-state index contributed by atoms with van der Waals surface area (Å²) < 4.78 is 0. The Morgan fingerprint density at radius 1 is 1.43 bits per heavy atom. The van der Waals surface area contributed by atoms with Crippen LogP contribution in [-0.4, -0.2) is 10.8 Å². The number of nitro groups is 1. The van der Waals surface area contributed by atoms with Crippen molar-refractivity contribution in [3.8, 4) is 0 Å². The van der Waals surface area contributed by atoms with Crippen molar-refractivity contribution >= 4 is 11.6 Å². The third kappa shape index (κ3) is 1.32. The Morgan fingerprint density at radius 2 is 2.07 bits per heavy atom. The first kappa shape index (κ1) is 8.68. The van der Waals surface area contributed by atoms with Gasteiger partial charge in [-0.2, -0.15) is 0 Å². The molecule has 2 rings (SSSR count). The van der Waals surface area contributed by atoms with Crippen LogP contribution < -0.4 is 5.32 Å². The topological polar surface area (TPSA) is 72.2 Å². The van der Waals surface area contributed by atoms with E-state index in [-0.39, 0.29) is 17.6 Å². The predicted octanol–water partition coefficient (Wildman–Crippen LogP) is 1.16. The van der Waals surface area contributed by atoms with Crippen molar-refractivity contribution < 1.29 is 9.72 Å². The first-order valence-corrected chi connectivity index (χ1v) is 4.21. The zero-order valence-corrected chi connectivity index (χ0v) is 7.27. The monoisotopic (exact) mass is 192 g/mol. The summed E-state index contributed by atoms with van der Waals surface area (Å²) in [5, 5.41) is 13.3. The van der Waals surface area contributed by atoms with Gasteiger partial charge in [-0.15, -0.1) is 0 Å². The minimum atomic E-state index is -0.431. The quantitative estimate of drug-likeness (QED) is 0.434. The summed E-state index contributed by atoms with van der Waals surface area (Å²) in [6, 6.07) is 6.26. The molecule has 0 saturated carbocycles. The number of β-lactam (4-membered cyclic amide) rings is 1. The van der Waals surface area contributed by atoms with E-state index in [9.17, 15) is 14.9 Å². The van der Waals surface area contributed by atoms with Gasteiger partial charge in [-0.25, -0.2) is 0 Å². The highest BCUT2D eigenvalue weighted by atomic mass is 16.6. The van der Waals surface area contributed by atoms with Crippen LogP contribution in [0.4, 0.5) is 5.69 Å². The minimum absolute atomic E-state index is 0.0619. The van der Waals surface area contributed by atoms with E-state index in [1.807, 2.05) is 0 Å². The zero-order chi connectivity index (χ0) is 10.1. The molecule has 1 aliphatic rings. The van der Waals surface area contributed by atoms with E-state index in [1.54, 1.807) is 18.2 Å². The Balaban J connectivity index is 2.32. The SMILES string of the molecule is O=C1CC(c2ccccc2[N+](=O)[O-])N1. The maximum absolute atomic E-state index is 10.7. The molecule has 0 bridgehead atoms. The van der Waals surface area contributed by atoms with Crippen molar-refractivity contribution in [1.82, 2.24) is 5.32 Å². The number of carbonyl (C=O) groups excluding carboxylic acids is 1. The summed E-state index contributed by atoms with van der Waals surface area (Å²) in [4.78, 5) is 20.9. The summed E-state index contributed by atoms with van der Waals surface area (Å²) in [5.74, 6) is -0.0619. The normalized spacial score (nSPS) is 19.7. The van der Waals surface area contributed by atoms with Crippen LogP contribution in [0.2, 0.25) is 0 Å². The van der Waals surface area contributed by atoms with Crippen LogP contribution in [0, 0.1) is 10.1 Å². The fraction of sp³-hybridized carbons (Fsp3) is 0.222. The number of amides is 1. The molecule has 5 heteroatoms. The molecule has 1 fully saturated rings. The maximum Gasteiger partial charge on any atom is 0.274 e. The van der Waals surface area contributed by atoms with Crippen LogP contribution in [0.5, 0.6) is 0 Å². The Labute approximate surface area is 79.9 Å². The summed E-state index contributed by atoms with van der Waals surface area (Å²) in [6.07, 6.45) is 0.338. The van der Waals surface area contributed by atoms with Gasteiger partial charge < -0.3 is 5.32 Å². The van der Waals surface area contributed by atoms with Gasteiger partial charge in [0.1, 0.15) is 0 Å². The number of hydrogen-bond acceptors (Lipinski definition) is 3. The number of carbonyl (C=O) groups is 1. The minimum Gasteiger partial charge on any atom is -0.348 e. The number of benzene rings is 1. The molecule has 72 valence electrons. The van der Waals surface area contributed by atoms with Gasteiger partial charge in [-0.05, 0) is 0 Å². The van der Waals surface area contributed by atoms with Crippen molar-refractivity contribution in [3.05, 3.63) is 39.9 Å². The lowest BCUT2D eigenvalue weighted by Gasteiger charge is -2.26. The van der Waals surface area contributed by atoms with Crippen molar-refractivity contribution in [3.63, 3.8) is 0 Å². The molecule has 1 aliphatic heterocycles. The second-order valence-electron chi connectivity index (χ2n) is 3.14. The van der Waals surface area contributed by atoms with Gasteiger partial charge in [0.05, 0.1) is 22.9 Å². The fourth-order valence-corrected chi connectivity index (χ4v) is 1.49. The lowest BCUT2D eigenvalue weighted by atomic mass is 9.96. The molecular weight excluding hydrogens is 184 g/mol. The van der Waals surface area contributed by atoms with Crippen LogP contribution in [0.25, 0.3) is 0 Å². The molecular formula is C9H8N2O3. The third-order valence-electron chi connectivity index (χ3n) is 2.23. The highest BCUT2D eigenvalue weighted by molar-refractivity contribution is 5.83. The second kappa shape index (κ2) is 3.10. The molecule has 1 amide bonds. The molecule has 0 spiro atoms. The molecule has 0 aliphatic carbocycles. The van der Waals surface area contributed by atoms with Gasteiger partial charge in [-0.1, -0.05) is 18.2 Å². The van der Waals surface area contributed by atoms with Crippen LogP contribution in [0.15, 0.2) is 24.3 Å². The van der Waals surface area contributed by atoms with Gasteiger partial charge in [0, 0.05) is 6.07 Å². The van der Waals surface area contributed by atoms with E-state index in [0.717, 1.165) is 0 Å². The predicted molar refractivity (Wildman–Crippen MR) is 48.6 cm³/mol. The van der Waals surface area contributed by atoms with Crippen molar-refractivity contribution in [2.75, 3.05) is 0 Å². The van der Waals surface area contributed by atoms with E-state index in [1.165, 1.54) is 6.07 Å². The largest absolute Gasteiger partial charge is 0.348 e.